The smallest absolute Gasteiger partial charge is 0.230 e. The van der Waals surface area contributed by atoms with E-state index in [-0.39, 0.29) is 17.6 Å². The molecule has 26 heavy (non-hydrogen) atoms. The van der Waals surface area contributed by atoms with Gasteiger partial charge in [0.1, 0.15) is 6.10 Å². The van der Waals surface area contributed by atoms with Crippen molar-refractivity contribution in [3.8, 4) is 0 Å². The molecule has 1 amide bonds. The number of aliphatic hydroxyl groups excluding tert-OH is 2. The van der Waals surface area contributed by atoms with E-state index in [1.807, 2.05) is 30.3 Å². The highest BCUT2D eigenvalue weighted by Crippen LogP contribution is 2.41. The number of anilines is 2. The fourth-order valence-corrected chi connectivity index (χ4v) is 5.15. The monoisotopic (exact) mass is 390 g/mol. The third kappa shape index (κ3) is 3.48. The molecule has 4 N–H and O–H groups in total. The maximum absolute atomic E-state index is 12.7. The molecule has 4 rings (SSSR count). The van der Waals surface area contributed by atoms with Crippen LogP contribution in [0.1, 0.15) is 6.42 Å². The molecule has 5 atom stereocenters. The summed E-state index contributed by atoms with van der Waals surface area (Å²) in [7, 11) is 0. The summed E-state index contributed by atoms with van der Waals surface area (Å²) in [6, 6.07) is 9.07. The molecule has 0 bridgehead atoms. The Balaban J connectivity index is 1.51. The van der Waals surface area contributed by atoms with Gasteiger partial charge >= 0.3 is 0 Å². The van der Waals surface area contributed by atoms with E-state index in [9.17, 15) is 15.0 Å². The van der Waals surface area contributed by atoms with E-state index in [0.29, 0.717) is 10.3 Å². The van der Waals surface area contributed by atoms with Gasteiger partial charge in [-0.25, -0.2) is 4.98 Å². The summed E-state index contributed by atoms with van der Waals surface area (Å²) >= 11 is 2.78. The number of aliphatic hydroxyl groups is 2. The van der Waals surface area contributed by atoms with Crippen LogP contribution in [0.25, 0.3) is 0 Å². The summed E-state index contributed by atoms with van der Waals surface area (Å²) < 4.78 is 0. The topological polar surface area (TPSA) is 107 Å². The van der Waals surface area contributed by atoms with Gasteiger partial charge in [0.05, 0.1) is 18.1 Å². The molecule has 9 heteroatoms. The predicted molar refractivity (Wildman–Crippen MR) is 104 cm³/mol. The molecule has 2 heterocycles. The lowest BCUT2D eigenvalue weighted by Crippen LogP contribution is -2.52. The Labute approximate surface area is 158 Å². The summed E-state index contributed by atoms with van der Waals surface area (Å²) in [5.41, 5.74) is 0.885. The van der Waals surface area contributed by atoms with E-state index in [2.05, 4.69) is 20.6 Å². The number of aliphatic imine (C=N–C) groups is 1. The number of nitrogens with zero attached hydrogens (tertiary/aromatic N) is 2. The molecule has 7 nitrogen and oxygen atoms in total. The molecule has 0 radical (unpaired) electrons. The van der Waals surface area contributed by atoms with Crippen molar-refractivity contribution in [3.05, 3.63) is 41.9 Å². The van der Waals surface area contributed by atoms with Crippen LogP contribution in [0, 0.1) is 5.92 Å². The lowest BCUT2D eigenvalue weighted by Gasteiger charge is -2.37. The van der Waals surface area contributed by atoms with Crippen molar-refractivity contribution < 1.29 is 15.0 Å². The maximum atomic E-state index is 12.7. The van der Waals surface area contributed by atoms with Crippen LogP contribution in [0.4, 0.5) is 10.8 Å². The maximum Gasteiger partial charge on any atom is 0.230 e. The van der Waals surface area contributed by atoms with Crippen molar-refractivity contribution in [2.45, 2.75) is 29.9 Å². The van der Waals surface area contributed by atoms with E-state index >= 15 is 0 Å². The standard InChI is InChI=1S/C17H18N4O3S2/c22-11-8-10(15(24)21-16-18-6-7-25-16)14-12(13(11)23)20-17(26-14)19-9-4-2-1-3-5-9/h1-7,10-14,22-23H,8H2,(H,19,20)(H,18,21,24)/t10-,11+,12-,13-,14+/m0/s1. The van der Waals surface area contributed by atoms with Crippen LogP contribution < -0.4 is 10.6 Å². The van der Waals surface area contributed by atoms with Gasteiger partial charge in [-0.2, -0.15) is 0 Å². The minimum atomic E-state index is -0.983. The number of hydrogen-bond acceptors (Lipinski definition) is 8. The number of thiazole rings is 1. The molecular weight excluding hydrogens is 372 g/mol. The fourth-order valence-electron chi connectivity index (χ4n) is 3.24. The fraction of sp³-hybridized carbons (Fsp3) is 0.353. The SMILES string of the molecule is O=C(Nc1nccs1)[C@H]1C[C@@H](O)[C@H](O)[C@@H]2N=C(Nc3ccccc3)S[C@@H]21. The van der Waals surface area contributed by atoms with Crippen LogP contribution in [0.15, 0.2) is 46.9 Å². The average molecular weight is 390 g/mol. The minimum Gasteiger partial charge on any atom is -0.390 e. The van der Waals surface area contributed by atoms with E-state index in [1.165, 1.54) is 23.1 Å². The van der Waals surface area contributed by atoms with Crippen molar-refractivity contribution in [3.63, 3.8) is 0 Å². The lowest BCUT2D eigenvalue weighted by molar-refractivity contribution is -0.124. The first-order chi connectivity index (χ1) is 12.6. The molecule has 0 saturated heterocycles. The van der Waals surface area contributed by atoms with Crippen molar-refractivity contribution in [2.24, 2.45) is 10.9 Å². The Morgan fingerprint density at radius 2 is 2.04 bits per heavy atom. The van der Waals surface area contributed by atoms with Crippen LogP contribution in [0.5, 0.6) is 0 Å². The normalized spacial score (nSPS) is 30.4. The molecule has 0 unspecified atom stereocenters. The number of para-hydroxylation sites is 1. The first-order valence-corrected chi connectivity index (χ1v) is 10.0. The van der Waals surface area contributed by atoms with Crippen LogP contribution >= 0.6 is 23.1 Å². The zero-order valence-electron chi connectivity index (χ0n) is 13.6. The number of aromatic nitrogens is 1. The summed E-state index contributed by atoms with van der Waals surface area (Å²) in [6.45, 7) is 0. The summed E-state index contributed by atoms with van der Waals surface area (Å²) in [6.07, 6.45) is -0.145. The van der Waals surface area contributed by atoms with E-state index < -0.39 is 24.2 Å². The van der Waals surface area contributed by atoms with Crippen LogP contribution in [0.2, 0.25) is 0 Å². The number of fused-ring (bicyclic) bond motifs is 1. The summed E-state index contributed by atoms with van der Waals surface area (Å²) in [5.74, 6) is -0.671. The quantitative estimate of drug-likeness (QED) is 0.636. The van der Waals surface area contributed by atoms with Gasteiger partial charge < -0.3 is 20.8 Å². The van der Waals surface area contributed by atoms with Gasteiger partial charge in [-0.1, -0.05) is 30.0 Å². The molecule has 2 aromatic rings. The van der Waals surface area contributed by atoms with Gasteiger partial charge in [-0.15, -0.1) is 11.3 Å². The van der Waals surface area contributed by atoms with E-state index in [4.69, 9.17) is 0 Å². The number of amides is 1. The Morgan fingerprint density at radius 1 is 1.23 bits per heavy atom. The van der Waals surface area contributed by atoms with Gasteiger partial charge in [-0.05, 0) is 18.6 Å². The van der Waals surface area contributed by atoms with E-state index in [1.54, 1.807) is 11.6 Å². The summed E-state index contributed by atoms with van der Waals surface area (Å²) in [5, 5.41) is 29.3. The number of amidine groups is 1. The van der Waals surface area contributed by atoms with Crippen LogP contribution in [-0.2, 0) is 4.79 Å². The lowest BCUT2D eigenvalue weighted by atomic mass is 9.81. The van der Waals surface area contributed by atoms with Crippen molar-refractivity contribution in [1.82, 2.24) is 4.98 Å². The van der Waals surface area contributed by atoms with Crippen molar-refractivity contribution in [1.29, 1.82) is 0 Å². The number of nitrogens with one attached hydrogen (secondary N) is 2. The number of thioether (sulfide) groups is 1. The number of hydrogen-bond donors (Lipinski definition) is 4. The van der Waals surface area contributed by atoms with E-state index in [0.717, 1.165) is 5.69 Å². The average Bonchev–Trinajstić information content (AvgIpc) is 3.29. The first-order valence-electron chi connectivity index (χ1n) is 8.25. The largest absolute Gasteiger partial charge is 0.390 e. The second kappa shape index (κ2) is 7.36. The van der Waals surface area contributed by atoms with Gasteiger partial charge in [0.15, 0.2) is 10.3 Å². The molecular formula is C17H18N4O3S2. The van der Waals surface area contributed by atoms with Gasteiger partial charge in [0, 0.05) is 22.5 Å². The zero-order chi connectivity index (χ0) is 18.1. The molecule has 1 fully saturated rings. The number of benzene rings is 1. The predicted octanol–water partition coefficient (Wildman–Crippen LogP) is 1.78. The van der Waals surface area contributed by atoms with Crippen LogP contribution in [-0.4, -0.2) is 49.8 Å². The molecule has 1 aliphatic carbocycles. The van der Waals surface area contributed by atoms with Gasteiger partial charge in [0.2, 0.25) is 5.91 Å². The highest BCUT2D eigenvalue weighted by molar-refractivity contribution is 8.15. The van der Waals surface area contributed by atoms with Crippen molar-refractivity contribution in [2.75, 3.05) is 10.6 Å². The third-order valence-corrected chi connectivity index (χ3v) is 6.51. The van der Waals surface area contributed by atoms with Crippen LogP contribution in [0.3, 0.4) is 0 Å². The Hall–Kier alpha value is -1.94. The van der Waals surface area contributed by atoms with Gasteiger partial charge in [-0.3, -0.25) is 9.79 Å². The zero-order valence-corrected chi connectivity index (χ0v) is 15.3. The number of carbonyl (C=O) groups is 1. The number of carbonyl (C=O) groups excluding carboxylic acids is 1. The number of rotatable bonds is 3. The molecule has 2 aliphatic rings. The molecule has 1 aliphatic heterocycles. The Bertz CT molecular complexity index is 800. The second-order valence-corrected chi connectivity index (χ2v) is 8.29. The first kappa shape index (κ1) is 17.5. The second-order valence-electron chi connectivity index (χ2n) is 6.22. The Kier molecular flexibility index (Phi) is 4.94. The Morgan fingerprint density at radius 3 is 2.77 bits per heavy atom. The molecule has 0 spiro atoms. The molecule has 1 aromatic carbocycles. The highest BCUT2D eigenvalue weighted by Gasteiger charge is 2.50. The molecule has 136 valence electrons. The minimum absolute atomic E-state index is 0.195. The molecule has 1 saturated carbocycles. The third-order valence-electron chi connectivity index (χ3n) is 4.51. The van der Waals surface area contributed by atoms with Crippen molar-refractivity contribution >= 4 is 45.0 Å². The molecule has 1 aromatic heterocycles. The highest BCUT2D eigenvalue weighted by atomic mass is 32.2. The van der Waals surface area contributed by atoms with Gasteiger partial charge in [0.25, 0.3) is 0 Å². The summed E-state index contributed by atoms with van der Waals surface area (Å²) in [4.78, 5) is 21.3.